The number of hydrogen-bond acceptors (Lipinski definition) is 0. The van der Waals surface area contributed by atoms with E-state index in [1.807, 2.05) is 0 Å². The fourth-order valence-corrected chi connectivity index (χ4v) is 2.40. The first-order valence-electron chi connectivity index (χ1n) is 4.28. The number of hydrogen-bond donors (Lipinski definition) is 0. The highest BCUT2D eigenvalue weighted by molar-refractivity contribution is 6.11. The van der Waals surface area contributed by atoms with Crippen molar-refractivity contribution in [2.75, 3.05) is 0 Å². The lowest BCUT2D eigenvalue weighted by Crippen LogP contribution is -2.01. The van der Waals surface area contributed by atoms with Gasteiger partial charge in [-0.05, 0) is 11.8 Å². The Balaban J connectivity index is 3.34. The fraction of sp³-hybridized carbons (Fsp3) is 1.00. The van der Waals surface area contributed by atoms with Crippen LogP contribution in [0.3, 0.4) is 0 Å². The van der Waals surface area contributed by atoms with Gasteiger partial charge < -0.3 is 0 Å². The molecule has 0 N–H and O–H groups in total. The van der Waals surface area contributed by atoms with Gasteiger partial charge in [-0.15, -0.1) is 4.78 Å². The van der Waals surface area contributed by atoms with E-state index in [1.165, 1.54) is 12.8 Å². The van der Waals surface area contributed by atoms with Crippen LogP contribution < -0.4 is 0 Å². The summed E-state index contributed by atoms with van der Waals surface area (Å²) in [6.07, 6.45) is 2.70. The van der Waals surface area contributed by atoms with Crippen molar-refractivity contribution >= 4 is 16.3 Å². The summed E-state index contributed by atoms with van der Waals surface area (Å²) >= 11 is 2.95. The van der Waals surface area contributed by atoms with Crippen LogP contribution in [-0.2, 0) is 0 Å². The molecule has 0 aliphatic carbocycles. The second-order valence-electron chi connectivity index (χ2n) is 4.02. The first kappa shape index (κ1) is 10.5. The molecule has 0 nitrogen and oxygen atoms in total. The van der Waals surface area contributed by atoms with Crippen molar-refractivity contribution in [1.29, 1.82) is 0 Å². The molecule has 1 heteroatoms. The van der Waals surface area contributed by atoms with Gasteiger partial charge in [0, 0.05) is 0 Å². The molecule has 0 aromatic carbocycles. The zero-order valence-electron chi connectivity index (χ0n) is 7.72. The van der Waals surface area contributed by atoms with Crippen molar-refractivity contribution in [3.63, 3.8) is 0 Å². The summed E-state index contributed by atoms with van der Waals surface area (Å²) in [7, 11) is 0. The molecule has 10 heavy (non-hydrogen) atoms. The van der Waals surface area contributed by atoms with Gasteiger partial charge in [-0.2, -0.15) is 0 Å². The maximum Gasteiger partial charge on any atom is 0.123 e. The molecule has 0 aliphatic heterocycles. The Labute approximate surface area is 73.8 Å². The van der Waals surface area contributed by atoms with E-state index >= 15 is 0 Å². The van der Waals surface area contributed by atoms with E-state index in [0.29, 0.717) is 0 Å². The maximum atomic E-state index is 2.95. The highest BCUT2D eigenvalue weighted by Gasteiger charge is 2.05. The predicted molar refractivity (Wildman–Crippen MR) is 48.4 cm³/mol. The van der Waals surface area contributed by atoms with Crippen molar-refractivity contribution < 1.29 is 0 Å². The molecule has 0 saturated heterocycles. The smallest absolute Gasteiger partial charge is 0.107 e. The van der Waals surface area contributed by atoms with Crippen LogP contribution in [0.1, 0.15) is 40.5 Å². The Morgan fingerprint density at radius 1 is 0.900 bits per heavy atom. The molecule has 0 fully saturated rings. The second-order valence-corrected chi connectivity index (χ2v) is 4.96. The van der Waals surface area contributed by atoms with Crippen molar-refractivity contribution in [1.82, 2.24) is 0 Å². The van der Waals surface area contributed by atoms with Crippen molar-refractivity contribution in [2.24, 2.45) is 11.8 Å². The Bertz CT molecular complexity index is 66.8. The molecule has 0 spiro atoms. The molecular formula is C9H19Al. The molecule has 0 amide bonds. The van der Waals surface area contributed by atoms with Gasteiger partial charge in [-0.3, -0.25) is 0 Å². The van der Waals surface area contributed by atoms with Gasteiger partial charge in [-0.1, -0.05) is 40.5 Å². The van der Waals surface area contributed by atoms with Crippen molar-refractivity contribution in [3.05, 3.63) is 0 Å². The maximum absolute atomic E-state index is 2.95. The molecule has 58 valence electrons. The van der Waals surface area contributed by atoms with Gasteiger partial charge in [0.1, 0.15) is 16.3 Å². The van der Waals surface area contributed by atoms with E-state index in [1.54, 1.807) is 0 Å². The summed E-state index contributed by atoms with van der Waals surface area (Å²) in [6, 6.07) is 0. The van der Waals surface area contributed by atoms with E-state index in [9.17, 15) is 0 Å². The standard InChI is InChI=1S/C9H19.Al/c1-8(2)6-5-7-9(3)4;/h5,8-9H,6-7H2,1-4H3;. The first-order chi connectivity index (χ1) is 4.52. The van der Waals surface area contributed by atoms with Crippen molar-refractivity contribution in [3.8, 4) is 0 Å². The SMILES string of the molecule is CC(C)C[CH]([Al])CC(C)C. The molecule has 0 heterocycles. The highest BCUT2D eigenvalue weighted by Crippen LogP contribution is 2.21. The minimum Gasteiger partial charge on any atom is -0.107 e. The third-order valence-electron chi connectivity index (χ3n) is 1.55. The van der Waals surface area contributed by atoms with E-state index in [4.69, 9.17) is 0 Å². The van der Waals surface area contributed by atoms with Crippen LogP contribution in [0, 0.1) is 11.8 Å². The summed E-state index contributed by atoms with van der Waals surface area (Å²) < 4.78 is 0.833. The van der Waals surface area contributed by atoms with E-state index in [0.717, 1.165) is 16.6 Å². The van der Waals surface area contributed by atoms with Crippen LogP contribution in [0.5, 0.6) is 0 Å². The third kappa shape index (κ3) is 6.65. The second kappa shape index (κ2) is 5.22. The lowest BCUT2D eigenvalue weighted by molar-refractivity contribution is 0.481. The Kier molecular flexibility index (Phi) is 5.50. The van der Waals surface area contributed by atoms with Gasteiger partial charge in [0.05, 0.1) is 0 Å². The predicted octanol–water partition coefficient (Wildman–Crippen LogP) is 3.04. The van der Waals surface area contributed by atoms with E-state index in [-0.39, 0.29) is 0 Å². The number of rotatable bonds is 4. The van der Waals surface area contributed by atoms with Gasteiger partial charge in [0.15, 0.2) is 0 Å². The highest BCUT2D eigenvalue weighted by atomic mass is 27.0. The Morgan fingerprint density at radius 3 is 1.40 bits per heavy atom. The van der Waals surface area contributed by atoms with Crippen LogP contribution in [0.15, 0.2) is 0 Å². The van der Waals surface area contributed by atoms with E-state index in [2.05, 4.69) is 44.0 Å². The molecule has 0 unspecified atom stereocenters. The average Bonchev–Trinajstić information content (AvgIpc) is 1.58. The molecule has 0 saturated carbocycles. The first-order valence-corrected chi connectivity index (χ1v) is 4.94. The third-order valence-corrected chi connectivity index (χ3v) is 2.09. The monoisotopic (exact) mass is 154 g/mol. The van der Waals surface area contributed by atoms with Crippen molar-refractivity contribution in [2.45, 2.75) is 45.3 Å². The van der Waals surface area contributed by atoms with Gasteiger partial charge >= 0.3 is 0 Å². The lowest BCUT2D eigenvalue weighted by atomic mass is 10.0. The topological polar surface area (TPSA) is 0 Å². The summed E-state index contributed by atoms with van der Waals surface area (Å²) in [5.74, 6) is 1.70. The quantitative estimate of drug-likeness (QED) is 0.546. The molecule has 0 aromatic rings. The molecule has 0 atom stereocenters. The van der Waals surface area contributed by atoms with Gasteiger partial charge in [0.2, 0.25) is 0 Å². The van der Waals surface area contributed by atoms with Crippen LogP contribution in [0.2, 0.25) is 4.78 Å². The molecule has 0 bridgehead atoms. The van der Waals surface area contributed by atoms with Crippen LogP contribution in [0.25, 0.3) is 0 Å². The minimum atomic E-state index is 0.833. The summed E-state index contributed by atoms with van der Waals surface area (Å²) in [4.78, 5) is 0. The van der Waals surface area contributed by atoms with E-state index < -0.39 is 0 Å². The molecule has 0 rings (SSSR count). The normalized spacial score (nSPS) is 11.9. The lowest BCUT2D eigenvalue weighted by Gasteiger charge is -2.16. The molecule has 2 radical (unpaired) electrons. The fourth-order valence-electron chi connectivity index (χ4n) is 1.31. The molecular weight excluding hydrogens is 135 g/mol. The Morgan fingerprint density at radius 2 is 1.20 bits per heavy atom. The summed E-state index contributed by atoms with van der Waals surface area (Å²) in [6.45, 7) is 9.16. The molecule has 0 aliphatic rings. The van der Waals surface area contributed by atoms with Gasteiger partial charge in [0.25, 0.3) is 0 Å². The Hall–Kier alpha value is 0.532. The van der Waals surface area contributed by atoms with Crippen LogP contribution >= 0.6 is 0 Å². The zero-order chi connectivity index (χ0) is 8.15. The van der Waals surface area contributed by atoms with Gasteiger partial charge in [-0.25, -0.2) is 0 Å². The summed E-state index contributed by atoms with van der Waals surface area (Å²) in [5, 5.41) is 0. The molecule has 0 aromatic heterocycles. The summed E-state index contributed by atoms with van der Waals surface area (Å²) in [5.41, 5.74) is 0. The average molecular weight is 154 g/mol. The van der Waals surface area contributed by atoms with Crippen LogP contribution in [0.4, 0.5) is 0 Å². The largest absolute Gasteiger partial charge is 0.123 e. The zero-order valence-corrected chi connectivity index (χ0v) is 8.88. The minimum absolute atomic E-state index is 0.833. The van der Waals surface area contributed by atoms with Crippen LogP contribution in [-0.4, -0.2) is 16.3 Å².